The smallest absolute Gasteiger partial charge is 0.254 e. The van der Waals surface area contributed by atoms with Gasteiger partial charge in [0, 0.05) is 37.2 Å². The summed E-state index contributed by atoms with van der Waals surface area (Å²) in [5.74, 6) is 0.0634. The summed E-state index contributed by atoms with van der Waals surface area (Å²) in [6.07, 6.45) is 0. The van der Waals surface area contributed by atoms with Gasteiger partial charge in [-0.25, -0.2) is 0 Å². The van der Waals surface area contributed by atoms with Crippen LogP contribution in [-0.2, 0) is 4.79 Å². The molecule has 3 rings (SSSR count). The van der Waals surface area contributed by atoms with Crippen molar-refractivity contribution in [3.05, 3.63) is 52.7 Å². The van der Waals surface area contributed by atoms with Crippen molar-refractivity contribution in [3.8, 4) is 0 Å². The Morgan fingerprint density at radius 1 is 1.04 bits per heavy atom. The van der Waals surface area contributed by atoms with Gasteiger partial charge < -0.3 is 10.2 Å². The molecule has 2 amide bonds. The van der Waals surface area contributed by atoms with Crippen molar-refractivity contribution in [2.45, 2.75) is 0 Å². The van der Waals surface area contributed by atoms with Gasteiger partial charge in [0.2, 0.25) is 5.91 Å². The lowest BCUT2D eigenvalue weighted by Crippen LogP contribution is -2.50. The number of amides is 2. The Kier molecular flexibility index (Phi) is 5.05. The number of hydrogen-bond donors (Lipinski definition) is 1. The van der Waals surface area contributed by atoms with Gasteiger partial charge in [-0.2, -0.15) is 11.3 Å². The van der Waals surface area contributed by atoms with Crippen molar-refractivity contribution in [2.24, 2.45) is 0 Å². The van der Waals surface area contributed by atoms with E-state index in [9.17, 15) is 9.59 Å². The zero-order valence-electron chi connectivity index (χ0n) is 12.8. The van der Waals surface area contributed by atoms with Gasteiger partial charge in [0.25, 0.3) is 5.91 Å². The summed E-state index contributed by atoms with van der Waals surface area (Å²) >= 11 is 1.53. The largest absolute Gasteiger partial charge is 0.336 e. The van der Waals surface area contributed by atoms with Crippen molar-refractivity contribution in [2.75, 3.05) is 38.0 Å². The van der Waals surface area contributed by atoms with E-state index in [2.05, 4.69) is 10.2 Å². The minimum absolute atomic E-state index is 0.0196. The quantitative estimate of drug-likeness (QED) is 0.935. The number of para-hydroxylation sites is 1. The second-order valence-electron chi connectivity index (χ2n) is 5.49. The summed E-state index contributed by atoms with van der Waals surface area (Å²) in [6, 6.07) is 11.3. The third kappa shape index (κ3) is 4.18. The summed E-state index contributed by atoms with van der Waals surface area (Å²) in [6.45, 7) is 3.12. The second kappa shape index (κ2) is 7.39. The molecular weight excluding hydrogens is 310 g/mol. The molecule has 0 saturated carbocycles. The van der Waals surface area contributed by atoms with Gasteiger partial charge in [-0.05, 0) is 23.6 Å². The number of nitrogens with zero attached hydrogens (tertiary/aromatic N) is 2. The van der Waals surface area contributed by atoms with Crippen molar-refractivity contribution < 1.29 is 9.59 Å². The number of piperazine rings is 1. The van der Waals surface area contributed by atoms with Crippen LogP contribution >= 0.6 is 11.3 Å². The standard InChI is InChI=1S/C17H19N3O2S/c21-16(18-15-4-2-1-3-5-15)12-19-7-9-20(10-8-19)17(22)14-6-11-23-13-14/h1-6,11,13H,7-10,12H2,(H,18,21). The van der Waals surface area contributed by atoms with Gasteiger partial charge in [-0.3, -0.25) is 14.5 Å². The van der Waals surface area contributed by atoms with Gasteiger partial charge in [0.15, 0.2) is 0 Å². The Hall–Kier alpha value is -2.18. The average molecular weight is 329 g/mol. The van der Waals surface area contributed by atoms with E-state index in [1.165, 1.54) is 11.3 Å². The lowest BCUT2D eigenvalue weighted by Gasteiger charge is -2.34. The van der Waals surface area contributed by atoms with Crippen molar-refractivity contribution in [1.82, 2.24) is 9.80 Å². The summed E-state index contributed by atoms with van der Waals surface area (Å²) < 4.78 is 0. The zero-order valence-corrected chi connectivity index (χ0v) is 13.6. The van der Waals surface area contributed by atoms with E-state index in [1.807, 2.05) is 52.1 Å². The van der Waals surface area contributed by atoms with E-state index in [4.69, 9.17) is 0 Å². The first-order valence-electron chi connectivity index (χ1n) is 7.61. The number of carbonyl (C=O) groups excluding carboxylic acids is 2. The molecule has 5 nitrogen and oxygen atoms in total. The molecule has 0 atom stereocenters. The lowest BCUT2D eigenvalue weighted by atomic mass is 10.2. The van der Waals surface area contributed by atoms with Gasteiger partial charge in [-0.15, -0.1) is 0 Å². The fourth-order valence-electron chi connectivity index (χ4n) is 2.60. The first kappa shape index (κ1) is 15.7. The second-order valence-corrected chi connectivity index (χ2v) is 6.27. The van der Waals surface area contributed by atoms with Crippen LogP contribution in [0.4, 0.5) is 5.69 Å². The Bertz CT molecular complexity index is 650. The topological polar surface area (TPSA) is 52.7 Å². The van der Waals surface area contributed by atoms with Crippen LogP contribution in [0.2, 0.25) is 0 Å². The SMILES string of the molecule is O=C(CN1CCN(C(=O)c2ccsc2)CC1)Nc1ccccc1. The molecule has 120 valence electrons. The van der Waals surface area contributed by atoms with Crippen LogP contribution < -0.4 is 5.32 Å². The normalized spacial score (nSPS) is 15.4. The molecular formula is C17H19N3O2S. The summed E-state index contributed by atoms with van der Waals surface area (Å²) in [5, 5.41) is 6.68. The Morgan fingerprint density at radius 3 is 2.43 bits per heavy atom. The summed E-state index contributed by atoms with van der Waals surface area (Å²) in [4.78, 5) is 28.3. The molecule has 1 aliphatic rings. The first-order chi connectivity index (χ1) is 11.2. The van der Waals surface area contributed by atoms with E-state index < -0.39 is 0 Å². The molecule has 2 heterocycles. The highest BCUT2D eigenvalue weighted by molar-refractivity contribution is 7.08. The molecule has 6 heteroatoms. The predicted molar refractivity (Wildman–Crippen MR) is 91.7 cm³/mol. The number of anilines is 1. The van der Waals surface area contributed by atoms with Crippen molar-refractivity contribution in [1.29, 1.82) is 0 Å². The van der Waals surface area contributed by atoms with Gasteiger partial charge in [0.1, 0.15) is 0 Å². The molecule has 1 saturated heterocycles. The number of nitrogens with one attached hydrogen (secondary N) is 1. The molecule has 0 radical (unpaired) electrons. The van der Waals surface area contributed by atoms with Crippen molar-refractivity contribution >= 4 is 28.8 Å². The molecule has 0 spiro atoms. The van der Waals surface area contributed by atoms with Crippen LogP contribution in [0.1, 0.15) is 10.4 Å². The highest BCUT2D eigenvalue weighted by Gasteiger charge is 2.23. The number of carbonyl (C=O) groups is 2. The third-order valence-corrected chi connectivity index (χ3v) is 4.54. The molecule has 2 aromatic rings. The lowest BCUT2D eigenvalue weighted by molar-refractivity contribution is -0.117. The Morgan fingerprint density at radius 2 is 1.78 bits per heavy atom. The highest BCUT2D eigenvalue weighted by atomic mass is 32.1. The van der Waals surface area contributed by atoms with Crippen LogP contribution in [-0.4, -0.2) is 54.3 Å². The van der Waals surface area contributed by atoms with Gasteiger partial charge >= 0.3 is 0 Å². The Balaban J connectivity index is 1.46. The van der Waals surface area contributed by atoms with Crippen LogP contribution in [0.15, 0.2) is 47.2 Å². The zero-order chi connectivity index (χ0) is 16.1. The van der Waals surface area contributed by atoms with E-state index in [0.29, 0.717) is 19.6 Å². The third-order valence-electron chi connectivity index (χ3n) is 3.85. The van der Waals surface area contributed by atoms with E-state index in [-0.39, 0.29) is 11.8 Å². The summed E-state index contributed by atoms with van der Waals surface area (Å²) in [5.41, 5.74) is 1.56. The molecule has 1 aliphatic heterocycles. The average Bonchev–Trinajstić information content (AvgIpc) is 3.10. The van der Waals surface area contributed by atoms with Crippen LogP contribution in [0.5, 0.6) is 0 Å². The highest BCUT2D eigenvalue weighted by Crippen LogP contribution is 2.12. The monoisotopic (exact) mass is 329 g/mol. The fraction of sp³-hybridized carbons (Fsp3) is 0.294. The minimum atomic E-state index is -0.0196. The van der Waals surface area contributed by atoms with Crippen molar-refractivity contribution in [3.63, 3.8) is 0 Å². The molecule has 0 unspecified atom stereocenters. The molecule has 1 aromatic heterocycles. The number of rotatable bonds is 4. The number of thiophene rings is 1. The maximum absolute atomic E-state index is 12.3. The van der Waals surface area contributed by atoms with Crippen LogP contribution in [0.3, 0.4) is 0 Å². The molecule has 23 heavy (non-hydrogen) atoms. The predicted octanol–water partition coefficient (Wildman–Crippen LogP) is 2.14. The van der Waals surface area contributed by atoms with Gasteiger partial charge in [0.05, 0.1) is 12.1 Å². The van der Waals surface area contributed by atoms with Crippen LogP contribution in [0, 0.1) is 0 Å². The minimum Gasteiger partial charge on any atom is -0.336 e. The van der Waals surface area contributed by atoms with E-state index >= 15 is 0 Å². The van der Waals surface area contributed by atoms with Crippen LogP contribution in [0.25, 0.3) is 0 Å². The van der Waals surface area contributed by atoms with Gasteiger partial charge in [-0.1, -0.05) is 18.2 Å². The Labute approximate surface area is 139 Å². The molecule has 1 aromatic carbocycles. The fourth-order valence-corrected chi connectivity index (χ4v) is 3.23. The number of benzene rings is 1. The maximum atomic E-state index is 12.3. The molecule has 0 aliphatic carbocycles. The molecule has 1 N–H and O–H groups in total. The number of hydrogen-bond acceptors (Lipinski definition) is 4. The van der Waals surface area contributed by atoms with E-state index in [1.54, 1.807) is 0 Å². The van der Waals surface area contributed by atoms with E-state index in [0.717, 1.165) is 24.3 Å². The molecule has 0 bridgehead atoms. The maximum Gasteiger partial charge on any atom is 0.254 e. The summed E-state index contributed by atoms with van der Waals surface area (Å²) in [7, 11) is 0. The first-order valence-corrected chi connectivity index (χ1v) is 8.55. The molecule has 1 fully saturated rings.